The molecule has 0 fully saturated rings. The zero-order valence-corrected chi connectivity index (χ0v) is 14.0. The van der Waals surface area contributed by atoms with Crippen molar-refractivity contribution in [3.63, 3.8) is 0 Å². The first kappa shape index (κ1) is 17.6. The van der Waals surface area contributed by atoms with Crippen molar-refractivity contribution in [2.75, 3.05) is 19.5 Å². The minimum atomic E-state index is -0.675. The number of benzene rings is 2. The molecule has 0 radical (unpaired) electrons. The third-order valence-corrected chi connectivity index (χ3v) is 3.70. The standard InChI is InChI=1S/C19H23N3O2/c1-13(10-11-21-2)22-18-9-5-7-15-14(6-4-8-16(15)18)12-17(20)19(23)24-3/h4-11,17,21-22H,1,12,20H2,2-3H3/b11-10-/t17-/m0/s1. The van der Waals surface area contributed by atoms with Crippen molar-refractivity contribution in [1.29, 1.82) is 0 Å². The number of anilines is 1. The van der Waals surface area contributed by atoms with Gasteiger partial charge in [-0.1, -0.05) is 36.9 Å². The summed E-state index contributed by atoms with van der Waals surface area (Å²) in [5.74, 6) is -0.410. The van der Waals surface area contributed by atoms with Gasteiger partial charge in [0.25, 0.3) is 0 Å². The second kappa shape index (κ2) is 8.17. The van der Waals surface area contributed by atoms with E-state index >= 15 is 0 Å². The molecule has 0 heterocycles. The Kier molecular flexibility index (Phi) is 5.98. The Morgan fingerprint density at radius 2 is 2.00 bits per heavy atom. The fraction of sp³-hybridized carbons (Fsp3) is 0.211. The van der Waals surface area contributed by atoms with E-state index in [2.05, 4.69) is 17.2 Å². The first-order valence-corrected chi connectivity index (χ1v) is 7.70. The maximum atomic E-state index is 11.6. The van der Waals surface area contributed by atoms with Gasteiger partial charge in [-0.15, -0.1) is 0 Å². The minimum absolute atomic E-state index is 0.410. The van der Waals surface area contributed by atoms with Crippen LogP contribution in [0.1, 0.15) is 5.56 Å². The molecule has 2 aromatic carbocycles. The molecule has 0 unspecified atom stereocenters. The first-order valence-electron chi connectivity index (χ1n) is 7.70. The summed E-state index contributed by atoms with van der Waals surface area (Å²) in [6.07, 6.45) is 4.09. The van der Waals surface area contributed by atoms with E-state index in [9.17, 15) is 4.79 Å². The summed E-state index contributed by atoms with van der Waals surface area (Å²) < 4.78 is 4.71. The summed E-state index contributed by atoms with van der Waals surface area (Å²) in [6.45, 7) is 3.98. The molecular weight excluding hydrogens is 302 g/mol. The monoisotopic (exact) mass is 325 g/mol. The maximum Gasteiger partial charge on any atom is 0.322 e. The van der Waals surface area contributed by atoms with Gasteiger partial charge in [-0.3, -0.25) is 4.79 Å². The first-order chi connectivity index (χ1) is 11.6. The van der Waals surface area contributed by atoms with E-state index in [-0.39, 0.29) is 0 Å². The average Bonchev–Trinajstić information content (AvgIpc) is 2.59. The van der Waals surface area contributed by atoms with Gasteiger partial charge in [-0.05, 0) is 35.7 Å². The van der Waals surface area contributed by atoms with Gasteiger partial charge in [0, 0.05) is 23.8 Å². The zero-order valence-electron chi connectivity index (χ0n) is 14.0. The Morgan fingerprint density at radius 3 is 2.71 bits per heavy atom. The molecule has 4 N–H and O–H groups in total. The summed E-state index contributed by atoms with van der Waals surface area (Å²) in [7, 11) is 3.18. The molecule has 0 aliphatic heterocycles. The van der Waals surface area contributed by atoms with E-state index in [1.54, 1.807) is 6.20 Å². The van der Waals surface area contributed by atoms with E-state index in [0.29, 0.717) is 6.42 Å². The van der Waals surface area contributed by atoms with Crippen molar-refractivity contribution >= 4 is 22.4 Å². The van der Waals surface area contributed by atoms with Crippen molar-refractivity contribution in [2.45, 2.75) is 12.5 Å². The number of nitrogens with two attached hydrogens (primary N) is 1. The van der Waals surface area contributed by atoms with Gasteiger partial charge in [-0.2, -0.15) is 0 Å². The number of hydrogen-bond donors (Lipinski definition) is 3. The Hall–Kier alpha value is -2.79. The van der Waals surface area contributed by atoms with E-state index < -0.39 is 12.0 Å². The van der Waals surface area contributed by atoms with E-state index in [1.807, 2.05) is 49.5 Å². The molecule has 0 saturated carbocycles. The second-order valence-corrected chi connectivity index (χ2v) is 5.42. The molecule has 5 nitrogen and oxygen atoms in total. The van der Waals surface area contributed by atoms with Crippen LogP contribution in [0, 0.1) is 0 Å². The van der Waals surface area contributed by atoms with E-state index in [4.69, 9.17) is 10.5 Å². The molecule has 126 valence electrons. The Bertz CT molecular complexity index is 768. The number of esters is 1. The summed E-state index contributed by atoms with van der Waals surface area (Å²) in [5, 5.41) is 8.31. The fourth-order valence-corrected chi connectivity index (χ4v) is 2.53. The Labute approximate surface area is 142 Å². The van der Waals surface area contributed by atoms with Crippen LogP contribution < -0.4 is 16.4 Å². The highest BCUT2D eigenvalue weighted by Crippen LogP contribution is 2.27. The van der Waals surface area contributed by atoms with Crippen molar-refractivity contribution < 1.29 is 9.53 Å². The fourth-order valence-electron chi connectivity index (χ4n) is 2.53. The summed E-state index contributed by atoms with van der Waals surface area (Å²) in [6, 6.07) is 11.3. The molecule has 0 bridgehead atoms. The molecule has 24 heavy (non-hydrogen) atoms. The third kappa shape index (κ3) is 4.14. The van der Waals surface area contributed by atoms with E-state index in [0.717, 1.165) is 27.7 Å². The SMILES string of the molecule is C=C(/C=C\NC)Nc1cccc2c(C[C@H](N)C(=O)OC)cccc12. The Morgan fingerprint density at radius 1 is 1.29 bits per heavy atom. The number of ether oxygens (including phenoxy) is 1. The lowest BCUT2D eigenvalue weighted by atomic mass is 9.98. The summed E-state index contributed by atoms with van der Waals surface area (Å²) in [4.78, 5) is 11.6. The van der Waals surface area contributed by atoms with Gasteiger partial charge < -0.3 is 21.1 Å². The van der Waals surface area contributed by atoms with Gasteiger partial charge in [0.1, 0.15) is 6.04 Å². The number of carbonyl (C=O) groups is 1. The topological polar surface area (TPSA) is 76.4 Å². The third-order valence-electron chi connectivity index (χ3n) is 3.70. The van der Waals surface area contributed by atoms with Crippen LogP contribution in [0.3, 0.4) is 0 Å². The highest BCUT2D eigenvalue weighted by atomic mass is 16.5. The quantitative estimate of drug-likeness (QED) is 0.539. The second-order valence-electron chi connectivity index (χ2n) is 5.42. The normalized spacial score (nSPS) is 12.1. The molecule has 1 atom stereocenters. The van der Waals surface area contributed by atoms with E-state index in [1.165, 1.54) is 7.11 Å². The van der Waals surface area contributed by atoms with Crippen molar-refractivity contribution in [3.8, 4) is 0 Å². The molecule has 0 aromatic heterocycles. The van der Waals surface area contributed by atoms with Gasteiger partial charge in [0.2, 0.25) is 0 Å². The number of nitrogens with one attached hydrogen (secondary N) is 2. The molecule has 5 heteroatoms. The zero-order chi connectivity index (χ0) is 17.5. The molecule has 2 aromatic rings. The van der Waals surface area contributed by atoms with Crippen LogP contribution in [0.15, 0.2) is 61.0 Å². The molecule has 0 amide bonds. The predicted octanol–water partition coefficient (Wildman–Crippen LogP) is 2.54. The molecule has 0 spiro atoms. The number of methoxy groups -OCH3 is 1. The molecule has 0 saturated heterocycles. The number of fused-ring (bicyclic) bond motifs is 1. The van der Waals surface area contributed by atoms with Crippen molar-refractivity contribution in [1.82, 2.24) is 5.32 Å². The van der Waals surface area contributed by atoms with Gasteiger partial charge in [0.05, 0.1) is 7.11 Å². The van der Waals surface area contributed by atoms with Crippen LogP contribution in [0.4, 0.5) is 5.69 Å². The lowest BCUT2D eigenvalue weighted by molar-refractivity contribution is -0.142. The molecule has 2 rings (SSSR count). The highest BCUT2D eigenvalue weighted by molar-refractivity contribution is 5.96. The maximum absolute atomic E-state index is 11.6. The van der Waals surface area contributed by atoms with Crippen LogP contribution >= 0.6 is 0 Å². The largest absolute Gasteiger partial charge is 0.468 e. The number of rotatable bonds is 7. The van der Waals surface area contributed by atoms with Gasteiger partial charge in [-0.25, -0.2) is 0 Å². The highest BCUT2D eigenvalue weighted by Gasteiger charge is 2.16. The van der Waals surface area contributed by atoms with Crippen molar-refractivity contribution in [2.24, 2.45) is 5.73 Å². The predicted molar refractivity (Wildman–Crippen MR) is 98.6 cm³/mol. The summed E-state index contributed by atoms with van der Waals surface area (Å²) in [5.41, 5.74) is 8.63. The van der Waals surface area contributed by atoms with Gasteiger partial charge in [0.15, 0.2) is 0 Å². The lowest BCUT2D eigenvalue weighted by Gasteiger charge is -2.14. The molecule has 0 aliphatic carbocycles. The van der Waals surface area contributed by atoms with Crippen LogP contribution in [0.2, 0.25) is 0 Å². The smallest absolute Gasteiger partial charge is 0.322 e. The lowest BCUT2D eigenvalue weighted by Crippen LogP contribution is -2.33. The number of hydrogen-bond acceptors (Lipinski definition) is 5. The minimum Gasteiger partial charge on any atom is -0.468 e. The molecular formula is C19H23N3O2. The van der Waals surface area contributed by atoms with Crippen LogP contribution in [-0.2, 0) is 16.0 Å². The molecule has 0 aliphatic rings. The number of carbonyl (C=O) groups excluding carboxylic acids is 1. The van der Waals surface area contributed by atoms with Crippen molar-refractivity contribution in [3.05, 3.63) is 66.5 Å². The average molecular weight is 325 g/mol. The summed E-state index contributed by atoms with van der Waals surface area (Å²) >= 11 is 0. The number of allylic oxidation sites excluding steroid dienone is 1. The van der Waals surface area contributed by atoms with Crippen LogP contribution in [0.25, 0.3) is 10.8 Å². The Balaban J connectivity index is 2.33. The van der Waals surface area contributed by atoms with Gasteiger partial charge >= 0.3 is 5.97 Å². The van der Waals surface area contributed by atoms with Crippen LogP contribution in [0.5, 0.6) is 0 Å². The van der Waals surface area contributed by atoms with Crippen LogP contribution in [-0.4, -0.2) is 26.2 Å².